The highest BCUT2D eigenvalue weighted by molar-refractivity contribution is 5.70. The number of hydrogen-bond acceptors (Lipinski definition) is 5. The van der Waals surface area contributed by atoms with Gasteiger partial charge in [-0.25, -0.2) is 0 Å². The number of hydrogen-bond donors (Lipinski definition) is 0. The van der Waals surface area contributed by atoms with Gasteiger partial charge in [-0.1, -0.05) is 0 Å². The van der Waals surface area contributed by atoms with E-state index in [1.54, 1.807) is 7.11 Å². The largest absolute Gasteiger partial charge is 0.460 e. The summed E-state index contributed by atoms with van der Waals surface area (Å²) in [5.74, 6) is -0.944. The third-order valence-electron chi connectivity index (χ3n) is 2.59. The molecule has 5 heteroatoms. The van der Waals surface area contributed by atoms with Crippen molar-refractivity contribution in [3.8, 4) is 0 Å². The van der Waals surface area contributed by atoms with Crippen LogP contribution in [0.3, 0.4) is 0 Å². The van der Waals surface area contributed by atoms with Crippen molar-refractivity contribution in [1.82, 2.24) is 0 Å². The van der Waals surface area contributed by atoms with E-state index in [2.05, 4.69) is 0 Å². The van der Waals surface area contributed by atoms with Crippen LogP contribution in [0.15, 0.2) is 0 Å². The van der Waals surface area contributed by atoms with Crippen LogP contribution in [-0.2, 0) is 23.7 Å². The van der Waals surface area contributed by atoms with Gasteiger partial charge in [0.2, 0.25) is 0 Å². The van der Waals surface area contributed by atoms with Gasteiger partial charge < -0.3 is 18.9 Å². The topological polar surface area (TPSA) is 54.0 Å². The van der Waals surface area contributed by atoms with Crippen LogP contribution in [0.4, 0.5) is 0 Å². The van der Waals surface area contributed by atoms with Crippen LogP contribution in [0, 0.1) is 0 Å². The first-order valence-electron chi connectivity index (χ1n) is 6.68. The van der Waals surface area contributed by atoms with Crippen LogP contribution < -0.4 is 0 Å². The second kappa shape index (κ2) is 6.20. The Morgan fingerprint density at radius 1 is 1.26 bits per heavy atom. The molecule has 1 rings (SSSR count). The first-order valence-corrected chi connectivity index (χ1v) is 6.68. The van der Waals surface area contributed by atoms with E-state index in [0.29, 0.717) is 13.0 Å². The number of ether oxygens (including phenoxy) is 4. The van der Waals surface area contributed by atoms with Crippen molar-refractivity contribution < 1.29 is 23.7 Å². The van der Waals surface area contributed by atoms with E-state index < -0.39 is 11.4 Å². The first kappa shape index (κ1) is 16.4. The summed E-state index contributed by atoms with van der Waals surface area (Å²) in [6.07, 6.45) is 0.626. The van der Waals surface area contributed by atoms with Crippen LogP contribution in [-0.4, -0.2) is 43.3 Å². The van der Waals surface area contributed by atoms with Crippen LogP contribution in [0.25, 0.3) is 0 Å². The zero-order valence-corrected chi connectivity index (χ0v) is 12.8. The molecule has 0 bridgehead atoms. The summed E-state index contributed by atoms with van der Waals surface area (Å²) < 4.78 is 21.9. The average molecular weight is 274 g/mol. The van der Waals surface area contributed by atoms with E-state index >= 15 is 0 Å². The molecule has 0 spiro atoms. The van der Waals surface area contributed by atoms with Gasteiger partial charge in [-0.05, 0) is 34.6 Å². The van der Waals surface area contributed by atoms with Crippen LogP contribution in [0.2, 0.25) is 0 Å². The number of methoxy groups -OCH3 is 1. The van der Waals surface area contributed by atoms with E-state index in [1.165, 1.54) is 0 Å². The van der Waals surface area contributed by atoms with Gasteiger partial charge in [0, 0.05) is 13.5 Å². The Kier molecular flexibility index (Phi) is 5.35. The summed E-state index contributed by atoms with van der Waals surface area (Å²) in [4.78, 5) is 11.8. The Balaban J connectivity index is 2.54. The molecule has 0 amide bonds. The zero-order chi connectivity index (χ0) is 14.7. The lowest BCUT2D eigenvalue weighted by Gasteiger charge is -2.40. The van der Waals surface area contributed by atoms with Crippen molar-refractivity contribution in [1.29, 1.82) is 0 Å². The summed E-state index contributed by atoms with van der Waals surface area (Å²) in [6.45, 7) is 9.75. The van der Waals surface area contributed by atoms with E-state index in [9.17, 15) is 4.79 Å². The van der Waals surface area contributed by atoms with Crippen molar-refractivity contribution in [2.45, 2.75) is 71.1 Å². The fourth-order valence-corrected chi connectivity index (χ4v) is 2.20. The molecule has 5 nitrogen and oxygen atoms in total. The number of carbonyl (C=O) groups is 1. The standard InChI is InChI=1S/C14H26O5/c1-13(2,3)19-12(15)8-10-7-11(9-16-6)18-14(4,5)17-10/h10-11H,7-9H2,1-6H3. The Morgan fingerprint density at radius 2 is 1.84 bits per heavy atom. The Bertz CT molecular complexity index is 305. The predicted octanol–water partition coefficient (Wildman–Crippen LogP) is 2.27. The number of carbonyl (C=O) groups excluding carboxylic acids is 1. The molecule has 2 unspecified atom stereocenters. The smallest absolute Gasteiger partial charge is 0.308 e. The van der Waals surface area contributed by atoms with E-state index in [-0.39, 0.29) is 24.6 Å². The number of esters is 1. The van der Waals surface area contributed by atoms with Crippen molar-refractivity contribution >= 4 is 5.97 Å². The maximum atomic E-state index is 11.8. The monoisotopic (exact) mass is 274 g/mol. The van der Waals surface area contributed by atoms with E-state index in [4.69, 9.17) is 18.9 Å². The Labute approximate surface area is 115 Å². The molecular weight excluding hydrogens is 248 g/mol. The fourth-order valence-electron chi connectivity index (χ4n) is 2.20. The molecule has 2 atom stereocenters. The van der Waals surface area contributed by atoms with E-state index in [1.807, 2.05) is 34.6 Å². The van der Waals surface area contributed by atoms with Crippen LogP contribution >= 0.6 is 0 Å². The minimum absolute atomic E-state index is 0.0545. The SMILES string of the molecule is COCC1CC(CC(=O)OC(C)(C)C)OC(C)(C)O1. The molecule has 0 aromatic carbocycles. The van der Waals surface area contributed by atoms with Crippen molar-refractivity contribution in [3.05, 3.63) is 0 Å². The van der Waals surface area contributed by atoms with Gasteiger partial charge >= 0.3 is 5.97 Å². The molecule has 0 saturated carbocycles. The summed E-state index contributed by atoms with van der Waals surface area (Å²) in [6, 6.07) is 0. The second-order valence-electron chi connectivity index (χ2n) is 6.36. The Morgan fingerprint density at radius 3 is 2.37 bits per heavy atom. The maximum Gasteiger partial charge on any atom is 0.308 e. The molecule has 1 heterocycles. The lowest BCUT2D eigenvalue weighted by Crippen LogP contribution is -2.47. The molecule has 1 aliphatic heterocycles. The molecular formula is C14H26O5. The summed E-state index contributed by atoms with van der Waals surface area (Å²) >= 11 is 0. The van der Waals surface area contributed by atoms with Gasteiger partial charge in [0.25, 0.3) is 0 Å². The van der Waals surface area contributed by atoms with Gasteiger partial charge in [-0.15, -0.1) is 0 Å². The molecule has 0 aliphatic carbocycles. The van der Waals surface area contributed by atoms with Crippen LogP contribution in [0.5, 0.6) is 0 Å². The van der Waals surface area contributed by atoms with Gasteiger partial charge in [-0.3, -0.25) is 4.79 Å². The molecule has 1 saturated heterocycles. The molecule has 0 aromatic rings. The average Bonchev–Trinajstić information content (AvgIpc) is 2.10. The molecule has 0 N–H and O–H groups in total. The minimum Gasteiger partial charge on any atom is -0.460 e. The van der Waals surface area contributed by atoms with Crippen molar-refractivity contribution in [2.24, 2.45) is 0 Å². The molecule has 0 aromatic heterocycles. The normalized spacial score (nSPS) is 27.1. The highest BCUT2D eigenvalue weighted by Crippen LogP contribution is 2.29. The van der Waals surface area contributed by atoms with Gasteiger partial charge in [0.15, 0.2) is 5.79 Å². The highest BCUT2D eigenvalue weighted by atomic mass is 16.7. The molecule has 1 aliphatic rings. The fraction of sp³-hybridized carbons (Fsp3) is 0.929. The zero-order valence-electron chi connectivity index (χ0n) is 12.8. The summed E-state index contributed by atoms with van der Waals surface area (Å²) in [5, 5.41) is 0. The molecule has 0 radical (unpaired) electrons. The van der Waals surface area contributed by atoms with Gasteiger partial charge in [-0.2, -0.15) is 0 Å². The molecule has 19 heavy (non-hydrogen) atoms. The Hall–Kier alpha value is -0.650. The molecule has 1 fully saturated rings. The summed E-state index contributed by atoms with van der Waals surface area (Å²) in [5.41, 5.74) is -0.469. The van der Waals surface area contributed by atoms with Gasteiger partial charge in [0.1, 0.15) is 5.60 Å². The summed E-state index contributed by atoms with van der Waals surface area (Å²) in [7, 11) is 1.63. The highest BCUT2D eigenvalue weighted by Gasteiger charge is 2.37. The lowest BCUT2D eigenvalue weighted by atomic mass is 10.1. The third-order valence-corrected chi connectivity index (χ3v) is 2.59. The second-order valence-corrected chi connectivity index (χ2v) is 6.36. The lowest BCUT2D eigenvalue weighted by molar-refractivity contribution is -0.305. The number of rotatable bonds is 4. The molecule has 112 valence electrons. The predicted molar refractivity (Wildman–Crippen MR) is 70.8 cm³/mol. The third kappa shape index (κ3) is 6.36. The minimum atomic E-state index is -0.700. The first-order chi connectivity index (χ1) is 8.61. The van der Waals surface area contributed by atoms with Crippen molar-refractivity contribution in [3.63, 3.8) is 0 Å². The van der Waals surface area contributed by atoms with E-state index in [0.717, 1.165) is 0 Å². The maximum absolute atomic E-state index is 11.8. The van der Waals surface area contributed by atoms with Crippen molar-refractivity contribution in [2.75, 3.05) is 13.7 Å². The van der Waals surface area contributed by atoms with Crippen LogP contribution in [0.1, 0.15) is 47.5 Å². The quantitative estimate of drug-likeness (QED) is 0.736. The van der Waals surface area contributed by atoms with Gasteiger partial charge in [0.05, 0.1) is 25.2 Å².